The number of benzene rings is 1. The van der Waals surface area contributed by atoms with Crippen LogP contribution in [0.1, 0.15) is 0 Å². The molecular weight excluding hydrogens is 228 g/mol. The van der Waals surface area contributed by atoms with Crippen LogP contribution in [0.2, 0.25) is 0 Å². The molecule has 0 bridgehead atoms. The van der Waals surface area contributed by atoms with Gasteiger partial charge in [-0.2, -0.15) is 4.68 Å². The maximum absolute atomic E-state index is 4.26. The van der Waals surface area contributed by atoms with Crippen molar-refractivity contribution in [1.82, 2.24) is 25.0 Å². The SMILES string of the molecule is CN(C)c1ncnc2c1nnn2-c1ccccc1. The first kappa shape index (κ1) is 10.6. The van der Waals surface area contributed by atoms with E-state index in [4.69, 9.17) is 0 Å². The number of nitrogens with zero attached hydrogens (tertiary/aromatic N) is 6. The average Bonchev–Trinajstić information content (AvgIpc) is 2.83. The lowest BCUT2D eigenvalue weighted by Gasteiger charge is -2.10. The van der Waals surface area contributed by atoms with Gasteiger partial charge in [-0.25, -0.2) is 9.97 Å². The van der Waals surface area contributed by atoms with Gasteiger partial charge in [-0.05, 0) is 12.1 Å². The number of hydrogen-bond acceptors (Lipinski definition) is 5. The first-order valence-corrected chi connectivity index (χ1v) is 5.56. The summed E-state index contributed by atoms with van der Waals surface area (Å²) in [5.41, 5.74) is 2.34. The molecule has 6 nitrogen and oxygen atoms in total. The van der Waals surface area contributed by atoms with E-state index in [0.29, 0.717) is 11.2 Å². The number of anilines is 1. The van der Waals surface area contributed by atoms with Crippen molar-refractivity contribution in [3.8, 4) is 5.69 Å². The molecule has 0 spiro atoms. The molecule has 3 aromatic rings. The fourth-order valence-electron chi connectivity index (χ4n) is 1.81. The summed E-state index contributed by atoms with van der Waals surface area (Å²) in [5, 5.41) is 8.31. The first-order valence-electron chi connectivity index (χ1n) is 5.56. The van der Waals surface area contributed by atoms with Crippen molar-refractivity contribution in [2.24, 2.45) is 0 Å². The minimum atomic E-state index is 0.700. The van der Waals surface area contributed by atoms with Crippen molar-refractivity contribution in [1.29, 1.82) is 0 Å². The lowest BCUT2D eigenvalue weighted by atomic mass is 10.3. The molecule has 2 aromatic heterocycles. The zero-order valence-corrected chi connectivity index (χ0v) is 10.1. The smallest absolute Gasteiger partial charge is 0.189 e. The molecule has 0 atom stereocenters. The van der Waals surface area contributed by atoms with Crippen molar-refractivity contribution < 1.29 is 0 Å². The molecule has 1 aromatic carbocycles. The highest BCUT2D eigenvalue weighted by molar-refractivity contribution is 5.83. The van der Waals surface area contributed by atoms with E-state index in [9.17, 15) is 0 Å². The lowest BCUT2D eigenvalue weighted by Crippen LogP contribution is -2.11. The summed E-state index contributed by atoms with van der Waals surface area (Å²) in [6.45, 7) is 0. The summed E-state index contributed by atoms with van der Waals surface area (Å²) in [7, 11) is 3.84. The summed E-state index contributed by atoms with van der Waals surface area (Å²) in [6.07, 6.45) is 1.53. The highest BCUT2D eigenvalue weighted by Gasteiger charge is 2.13. The van der Waals surface area contributed by atoms with Crippen LogP contribution in [-0.2, 0) is 0 Å². The largest absolute Gasteiger partial charge is 0.361 e. The molecule has 0 aliphatic heterocycles. The highest BCUT2D eigenvalue weighted by atomic mass is 15.4. The second-order valence-corrected chi connectivity index (χ2v) is 4.10. The van der Waals surface area contributed by atoms with Crippen LogP contribution in [0.3, 0.4) is 0 Å². The molecule has 0 aliphatic rings. The van der Waals surface area contributed by atoms with Crippen molar-refractivity contribution in [2.45, 2.75) is 0 Å². The Hall–Kier alpha value is -2.50. The van der Waals surface area contributed by atoms with Gasteiger partial charge in [-0.3, -0.25) is 0 Å². The van der Waals surface area contributed by atoms with E-state index >= 15 is 0 Å². The van der Waals surface area contributed by atoms with Crippen LogP contribution in [0.15, 0.2) is 36.7 Å². The summed E-state index contributed by atoms with van der Waals surface area (Å²) >= 11 is 0. The normalized spacial score (nSPS) is 10.8. The minimum absolute atomic E-state index is 0.700. The molecule has 0 saturated carbocycles. The minimum Gasteiger partial charge on any atom is -0.361 e. The summed E-state index contributed by atoms with van der Waals surface area (Å²) in [6, 6.07) is 9.80. The molecule has 0 radical (unpaired) electrons. The summed E-state index contributed by atoms with van der Waals surface area (Å²) in [4.78, 5) is 10.4. The Morgan fingerprint density at radius 2 is 1.83 bits per heavy atom. The van der Waals surface area contributed by atoms with Crippen LogP contribution >= 0.6 is 0 Å². The van der Waals surface area contributed by atoms with Crippen LogP contribution in [0.5, 0.6) is 0 Å². The number of fused-ring (bicyclic) bond motifs is 1. The van der Waals surface area contributed by atoms with Gasteiger partial charge in [-0.15, -0.1) is 5.10 Å². The molecular formula is C12H12N6. The maximum atomic E-state index is 4.26. The van der Waals surface area contributed by atoms with Crippen molar-refractivity contribution >= 4 is 17.0 Å². The number of hydrogen-bond donors (Lipinski definition) is 0. The molecule has 0 saturated heterocycles. The molecule has 0 fully saturated rings. The Kier molecular flexibility index (Phi) is 2.40. The Bertz CT molecular complexity index is 673. The molecule has 2 heterocycles. The monoisotopic (exact) mass is 240 g/mol. The van der Waals surface area contributed by atoms with Gasteiger partial charge in [-0.1, -0.05) is 23.4 Å². The molecule has 6 heteroatoms. The Balaban J connectivity index is 2.25. The van der Waals surface area contributed by atoms with E-state index in [2.05, 4.69) is 20.3 Å². The van der Waals surface area contributed by atoms with E-state index in [0.717, 1.165) is 11.5 Å². The molecule has 0 amide bonds. The van der Waals surface area contributed by atoms with E-state index in [1.165, 1.54) is 6.33 Å². The fraction of sp³-hybridized carbons (Fsp3) is 0.167. The van der Waals surface area contributed by atoms with Crippen LogP contribution in [-0.4, -0.2) is 39.1 Å². The third kappa shape index (κ3) is 1.58. The highest BCUT2D eigenvalue weighted by Crippen LogP contribution is 2.20. The topological polar surface area (TPSA) is 59.7 Å². The third-order valence-corrected chi connectivity index (χ3v) is 2.64. The van der Waals surface area contributed by atoms with Gasteiger partial charge in [0.15, 0.2) is 17.0 Å². The van der Waals surface area contributed by atoms with E-state index in [1.807, 2.05) is 49.3 Å². The molecule has 18 heavy (non-hydrogen) atoms. The van der Waals surface area contributed by atoms with Crippen LogP contribution in [0.4, 0.5) is 5.82 Å². The Morgan fingerprint density at radius 1 is 1.06 bits per heavy atom. The van der Waals surface area contributed by atoms with Crippen molar-refractivity contribution in [3.05, 3.63) is 36.7 Å². The van der Waals surface area contributed by atoms with Gasteiger partial charge < -0.3 is 4.90 Å². The van der Waals surface area contributed by atoms with Crippen LogP contribution in [0.25, 0.3) is 16.9 Å². The fourth-order valence-corrected chi connectivity index (χ4v) is 1.81. The Labute approximate surface area is 104 Å². The van der Waals surface area contributed by atoms with Gasteiger partial charge in [0.2, 0.25) is 0 Å². The van der Waals surface area contributed by atoms with Crippen molar-refractivity contribution in [2.75, 3.05) is 19.0 Å². The Morgan fingerprint density at radius 3 is 2.56 bits per heavy atom. The van der Waals surface area contributed by atoms with Crippen LogP contribution < -0.4 is 4.90 Å². The summed E-state index contributed by atoms with van der Waals surface area (Å²) < 4.78 is 1.71. The zero-order chi connectivity index (χ0) is 12.5. The first-order chi connectivity index (χ1) is 8.77. The van der Waals surface area contributed by atoms with Gasteiger partial charge in [0.25, 0.3) is 0 Å². The van der Waals surface area contributed by atoms with E-state index in [-0.39, 0.29) is 0 Å². The average molecular weight is 240 g/mol. The van der Waals surface area contributed by atoms with Gasteiger partial charge in [0.05, 0.1) is 5.69 Å². The molecule has 0 N–H and O–H groups in total. The predicted octanol–water partition coefficient (Wildman–Crippen LogP) is 1.28. The van der Waals surface area contributed by atoms with E-state index in [1.54, 1.807) is 4.68 Å². The number of aromatic nitrogens is 5. The molecule has 3 rings (SSSR count). The van der Waals surface area contributed by atoms with Gasteiger partial charge >= 0.3 is 0 Å². The standard InChI is InChI=1S/C12H12N6/c1-17(2)11-10-12(14-8-13-11)18(16-15-10)9-6-4-3-5-7-9/h3-8H,1-2H3. The summed E-state index contributed by atoms with van der Waals surface area (Å²) in [5.74, 6) is 0.766. The lowest BCUT2D eigenvalue weighted by molar-refractivity contribution is 0.817. The zero-order valence-electron chi connectivity index (χ0n) is 10.1. The number of rotatable bonds is 2. The maximum Gasteiger partial charge on any atom is 0.189 e. The molecule has 0 unspecified atom stereocenters. The quantitative estimate of drug-likeness (QED) is 0.675. The van der Waals surface area contributed by atoms with E-state index < -0.39 is 0 Å². The van der Waals surface area contributed by atoms with Gasteiger partial charge in [0.1, 0.15) is 6.33 Å². The number of para-hydroxylation sites is 1. The molecule has 90 valence electrons. The van der Waals surface area contributed by atoms with Crippen molar-refractivity contribution in [3.63, 3.8) is 0 Å². The third-order valence-electron chi connectivity index (χ3n) is 2.64. The molecule has 0 aliphatic carbocycles. The van der Waals surface area contributed by atoms with Crippen LogP contribution in [0, 0.1) is 0 Å². The predicted molar refractivity (Wildman–Crippen MR) is 68.8 cm³/mol. The van der Waals surface area contributed by atoms with Gasteiger partial charge in [0, 0.05) is 14.1 Å². The second-order valence-electron chi connectivity index (χ2n) is 4.10. The second kappa shape index (κ2) is 4.06.